The molecule has 0 fully saturated rings. The maximum absolute atomic E-state index is 5.90. The fraction of sp³-hybridized carbons (Fsp3) is 0.208. The van der Waals surface area contributed by atoms with Gasteiger partial charge in [-0.2, -0.15) is 0 Å². The van der Waals surface area contributed by atoms with Crippen LogP contribution >= 0.6 is 12.2 Å². The lowest BCUT2D eigenvalue weighted by atomic mass is 10.1. The number of anilines is 1. The number of hydrogen-bond acceptors (Lipinski definition) is 2. The zero-order chi connectivity index (χ0) is 19.8. The second-order valence-electron chi connectivity index (χ2n) is 6.93. The Kier molecular flexibility index (Phi) is 7.18. The van der Waals surface area contributed by atoms with E-state index in [2.05, 4.69) is 66.9 Å². The molecule has 4 heteroatoms. The maximum Gasteiger partial charge on any atom is 0.171 e. The van der Waals surface area contributed by atoms with Gasteiger partial charge in [0.05, 0.1) is 13.2 Å². The van der Waals surface area contributed by atoms with Gasteiger partial charge in [-0.3, -0.25) is 0 Å². The third-order valence-electron chi connectivity index (χ3n) is 4.41. The quantitative estimate of drug-likeness (QED) is 0.522. The van der Waals surface area contributed by atoms with Crippen LogP contribution in [0.4, 0.5) is 5.69 Å². The highest BCUT2D eigenvalue weighted by Gasteiger charge is 2.05. The molecule has 0 aromatic heterocycles. The fourth-order valence-corrected chi connectivity index (χ4v) is 3.31. The van der Waals surface area contributed by atoms with E-state index in [-0.39, 0.29) is 0 Å². The summed E-state index contributed by atoms with van der Waals surface area (Å²) >= 11 is 5.46. The van der Waals surface area contributed by atoms with E-state index in [0.29, 0.717) is 24.9 Å². The number of ether oxygens (including phenoxy) is 1. The Morgan fingerprint density at radius 1 is 0.821 bits per heavy atom. The van der Waals surface area contributed by atoms with Crippen molar-refractivity contribution in [3.63, 3.8) is 0 Å². The smallest absolute Gasteiger partial charge is 0.171 e. The van der Waals surface area contributed by atoms with Crippen LogP contribution in [0.2, 0.25) is 0 Å². The lowest BCUT2D eigenvalue weighted by Gasteiger charge is -2.14. The van der Waals surface area contributed by atoms with Crippen LogP contribution in [0.3, 0.4) is 0 Å². The fourth-order valence-electron chi connectivity index (χ4n) is 3.12. The second kappa shape index (κ2) is 10.0. The van der Waals surface area contributed by atoms with Crippen molar-refractivity contribution in [1.29, 1.82) is 0 Å². The molecule has 144 valence electrons. The predicted molar refractivity (Wildman–Crippen MR) is 120 cm³/mol. The Bertz CT molecular complexity index is 905. The highest BCUT2D eigenvalue weighted by molar-refractivity contribution is 7.80. The van der Waals surface area contributed by atoms with Crippen molar-refractivity contribution in [1.82, 2.24) is 5.32 Å². The highest BCUT2D eigenvalue weighted by Crippen LogP contribution is 2.14. The Balaban J connectivity index is 1.53. The lowest BCUT2D eigenvalue weighted by Crippen LogP contribution is -2.28. The first-order valence-electron chi connectivity index (χ1n) is 9.42. The van der Waals surface area contributed by atoms with Crippen molar-refractivity contribution in [2.75, 3.05) is 5.32 Å². The summed E-state index contributed by atoms with van der Waals surface area (Å²) < 4.78 is 5.90. The van der Waals surface area contributed by atoms with Gasteiger partial charge < -0.3 is 15.4 Å². The van der Waals surface area contributed by atoms with Crippen LogP contribution in [0.5, 0.6) is 0 Å². The summed E-state index contributed by atoms with van der Waals surface area (Å²) in [4.78, 5) is 0. The van der Waals surface area contributed by atoms with Crippen molar-refractivity contribution in [2.24, 2.45) is 0 Å². The van der Waals surface area contributed by atoms with Gasteiger partial charge in [-0.25, -0.2) is 0 Å². The van der Waals surface area contributed by atoms with Crippen molar-refractivity contribution in [3.05, 3.63) is 101 Å². The molecule has 28 heavy (non-hydrogen) atoms. The van der Waals surface area contributed by atoms with Crippen LogP contribution in [-0.2, 0) is 24.5 Å². The zero-order valence-corrected chi connectivity index (χ0v) is 17.2. The normalized spacial score (nSPS) is 10.5. The van der Waals surface area contributed by atoms with E-state index >= 15 is 0 Å². The molecule has 0 aliphatic rings. The number of rotatable bonds is 7. The molecule has 0 spiro atoms. The summed E-state index contributed by atoms with van der Waals surface area (Å²) in [5, 5.41) is 7.18. The lowest BCUT2D eigenvalue weighted by molar-refractivity contribution is 0.106. The van der Waals surface area contributed by atoms with Gasteiger partial charge >= 0.3 is 0 Å². The monoisotopic (exact) mass is 390 g/mol. The molecule has 3 rings (SSSR count). The molecule has 0 amide bonds. The van der Waals surface area contributed by atoms with Crippen LogP contribution in [-0.4, -0.2) is 5.11 Å². The molecule has 3 aromatic rings. The SMILES string of the molecule is Cc1cc(C)cc(NC(=S)NCc2ccccc2COCc2ccccc2)c1. The highest BCUT2D eigenvalue weighted by atomic mass is 32.1. The summed E-state index contributed by atoms with van der Waals surface area (Å²) in [6.45, 7) is 6.00. The Morgan fingerprint density at radius 3 is 2.18 bits per heavy atom. The Hall–Kier alpha value is -2.69. The van der Waals surface area contributed by atoms with E-state index in [1.165, 1.54) is 27.8 Å². The molecule has 0 aliphatic carbocycles. The topological polar surface area (TPSA) is 33.3 Å². The summed E-state index contributed by atoms with van der Waals surface area (Å²) in [7, 11) is 0. The predicted octanol–water partition coefficient (Wildman–Crippen LogP) is 5.51. The number of thiocarbonyl (C=S) groups is 1. The summed E-state index contributed by atoms with van der Waals surface area (Å²) in [6.07, 6.45) is 0. The van der Waals surface area contributed by atoms with Gasteiger partial charge in [0, 0.05) is 12.2 Å². The number of benzene rings is 3. The van der Waals surface area contributed by atoms with E-state index in [0.717, 1.165) is 5.69 Å². The molecule has 0 bridgehead atoms. The van der Waals surface area contributed by atoms with Crippen LogP contribution in [0, 0.1) is 13.8 Å². The van der Waals surface area contributed by atoms with Crippen molar-refractivity contribution < 1.29 is 4.74 Å². The number of aryl methyl sites for hydroxylation is 2. The standard InChI is InChI=1S/C24H26N2OS/c1-18-12-19(2)14-23(13-18)26-24(28)25-15-21-10-6-7-11-22(21)17-27-16-20-8-4-3-5-9-20/h3-14H,15-17H2,1-2H3,(H2,25,26,28). The minimum absolute atomic E-state index is 0.573. The number of hydrogen-bond donors (Lipinski definition) is 2. The van der Waals surface area contributed by atoms with Gasteiger partial charge in [0.25, 0.3) is 0 Å². The molecule has 0 atom stereocenters. The van der Waals surface area contributed by atoms with E-state index < -0.39 is 0 Å². The van der Waals surface area contributed by atoms with Crippen LogP contribution in [0.15, 0.2) is 72.8 Å². The van der Waals surface area contributed by atoms with E-state index in [1.54, 1.807) is 0 Å². The average molecular weight is 391 g/mol. The second-order valence-corrected chi connectivity index (χ2v) is 7.34. The third-order valence-corrected chi connectivity index (χ3v) is 4.65. The molecule has 3 aromatic carbocycles. The van der Waals surface area contributed by atoms with Crippen LogP contribution < -0.4 is 10.6 Å². The maximum atomic E-state index is 5.90. The molecule has 3 nitrogen and oxygen atoms in total. The molecule has 2 N–H and O–H groups in total. The van der Waals surface area contributed by atoms with Gasteiger partial charge in [0.15, 0.2) is 5.11 Å². The van der Waals surface area contributed by atoms with Crippen molar-refractivity contribution in [3.8, 4) is 0 Å². The molecule has 0 saturated heterocycles. The summed E-state index contributed by atoms with van der Waals surface area (Å²) in [5.74, 6) is 0. The van der Waals surface area contributed by atoms with E-state index in [1.807, 2.05) is 30.3 Å². The molecule has 0 aliphatic heterocycles. The molecule has 0 radical (unpaired) electrons. The van der Waals surface area contributed by atoms with Gasteiger partial charge in [0.2, 0.25) is 0 Å². The molecule has 0 unspecified atom stereocenters. The van der Waals surface area contributed by atoms with Crippen molar-refractivity contribution in [2.45, 2.75) is 33.6 Å². The minimum Gasteiger partial charge on any atom is -0.372 e. The summed E-state index contributed by atoms with van der Waals surface area (Å²) in [5.41, 5.74) is 6.96. The number of nitrogens with one attached hydrogen (secondary N) is 2. The van der Waals surface area contributed by atoms with Gasteiger partial charge in [-0.15, -0.1) is 0 Å². The van der Waals surface area contributed by atoms with Gasteiger partial charge in [0.1, 0.15) is 0 Å². The minimum atomic E-state index is 0.573. The van der Waals surface area contributed by atoms with Crippen LogP contribution in [0.1, 0.15) is 27.8 Å². The van der Waals surface area contributed by atoms with E-state index in [9.17, 15) is 0 Å². The van der Waals surface area contributed by atoms with Gasteiger partial charge in [-0.1, -0.05) is 60.7 Å². The first kappa shape index (κ1) is 20.1. The molecule has 0 saturated carbocycles. The summed E-state index contributed by atoms with van der Waals surface area (Å²) in [6, 6.07) is 24.8. The van der Waals surface area contributed by atoms with Crippen LogP contribution in [0.25, 0.3) is 0 Å². The molecule has 0 heterocycles. The largest absolute Gasteiger partial charge is 0.372 e. The van der Waals surface area contributed by atoms with E-state index in [4.69, 9.17) is 17.0 Å². The first-order chi connectivity index (χ1) is 13.6. The Morgan fingerprint density at radius 2 is 1.46 bits per heavy atom. The third kappa shape index (κ3) is 6.19. The Labute approximate surface area is 172 Å². The molecular weight excluding hydrogens is 364 g/mol. The van der Waals surface area contributed by atoms with Crippen molar-refractivity contribution >= 4 is 23.0 Å². The average Bonchev–Trinajstić information content (AvgIpc) is 2.67. The molecular formula is C24H26N2OS. The zero-order valence-electron chi connectivity index (χ0n) is 16.4. The first-order valence-corrected chi connectivity index (χ1v) is 9.82. The van der Waals surface area contributed by atoms with Gasteiger partial charge in [-0.05, 0) is 66.0 Å².